The van der Waals surface area contributed by atoms with E-state index in [1.165, 1.54) is 0 Å². The second-order valence-corrected chi connectivity index (χ2v) is 2.05. The summed E-state index contributed by atoms with van der Waals surface area (Å²) in [6.45, 7) is 5.73. The molecule has 0 heterocycles. The maximum atomic E-state index is 4.60. The van der Waals surface area contributed by atoms with Crippen molar-refractivity contribution in [3.63, 3.8) is 0 Å². The van der Waals surface area contributed by atoms with E-state index in [2.05, 4.69) is 38.4 Å². The van der Waals surface area contributed by atoms with Crippen molar-refractivity contribution in [1.82, 2.24) is 0 Å². The fraction of sp³-hybridized carbons (Fsp3) is 0.600. The van der Waals surface area contributed by atoms with Crippen LogP contribution in [0.4, 0.5) is 0 Å². The topological polar surface area (TPSA) is 9.23 Å². The normalized spacial score (nSPS) is 12.8. The summed E-state index contributed by atoms with van der Waals surface area (Å²) in [6, 6.07) is 0. The van der Waals surface area contributed by atoms with Crippen LogP contribution in [0, 0.1) is 0 Å². The third-order valence-electron chi connectivity index (χ3n) is 1.28. The second-order valence-electron chi connectivity index (χ2n) is 1.87. The van der Waals surface area contributed by atoms with Crippen molar-refractivity contribution in [3.05, 3.63) is 12.3 Å². The third kappa shape index (κ3) is 2.31. The van der Waals surface area contributed by atoms with Gasteiger partial charge in [-0.15, -0.1) is 0 Å². The standard InChI is InChI=1S/C5H11BOS/c1-3-5(6)4(2)7-8/h5,8H,2-3,6H2,1H3/t5-/m0/s1. The molecule has 0 aliphatic heterocycles. The van der Waals surface area contributed by atoms with Crippen LogP contribution in [-0.2, 0) is 4.18 Å². The smallest absolute Gasteiger partial charge is 0.115 e. The molecule has 0 aromatic carbocycles. The maximum Gasteiger partial charge on any atom is 0.115 e. The van der Waals surface area contributed by atoms with E-state index in [1.807, 2.05) is 0 Å². The molecule has 0 unspecified atom stereocenters. The largest absolute Gasteiger partial charge is 0.434 e. The molecule has 0 aliphatic rings. The van der Waals surface area contributed by atoms with Crippen LogP contribution in [0.15, 0.2) is 12.3 Å². The Hall–Kier alpha value is -0.0451. The van der Waals surface area contributed by atoms with Crippen LogP contribution in [0.2, 0.25) is 5.82 Å². The zero-order valence-corrected chi connectivity index (χ0v) is 6.24. The Morgan fingerprint density at radius 2 is 2.50 bits per heavy atom. The number of thiol groups is 1. The van der Waals surface area contributed by atoms with Crippen LogP contribution in [0.3, 0.4) is 0 Å². The van der Waals surface area contributed by atoms with E-state index >= 15 is 0 Å². The number of hydrogen-bond donors (Lipinski definition) is 1. The first-order valence-corrected chi connectivity index (χ1v) is 3.09. The van der Waals surface area contributed by atoms with E-state index in [4.69, 9.17) is 0 Å². The molecule has 0 spiro atoms. The lowest BCUT2D eigenvalue weighted by molar-refractivity contribution is 0.478. The van der Waals surface area contributed by atoms with Crippen molar-refractivity contribution < 1.29 is 4.18 Å². The maximum absolute atomic E-state index is 4.60. The van der Waals surface area contributed by atoms with E-state index in [0.717, 1.165) is 12.2 Å². The van der Waals surface area contributed by atoms with E-state index in [9.17, 15) is 0 Å². The monoisotopic (exact) mass is 130 g/mol. The first-order chi connectivity index (χ1) is 3.72. The highest BCUT2D eigenvalue weighted by Gasteiger charge is 2.02. The van der Waals surface area contributed by atoms with E-state index in [1.54, 1.807) is 0 Å². The molecule has 0 N–H and O–H groups in total. The first-order valence-electron chi connectivity index (χ1n) is 2.72. The van der Waals surface area contributed by atoms with E-state index in [-0.39, 0.29) is 0 Å². The van der Waals surface area contributed by atoms with Gasteiger partial charge in [0.15, 0.2) is 0 Å². The van der Waals surface area contributed by atoms with Crippen LogP contribution in [-0.4, -0.2) is 7.85 Å². The van der Waals surface area contributed by atoms with E-state index < -0.39 is 0 Å². The van der Waals surface area contributed by atoms with Crippen molar-refractivity contribution in [2.24, 2.45) is 0 Å². The third-order valence-corrected chi connectivity index (χ3v) is 1.51. The Balaban J connectivity index is 3.46. The van der Waals surface area contributed by atoms with Crippen LogP contribution in [0.1, 0.15) is 13.3 Å². The van der Waals surface area contributed by atoms with Crippen LogP contribution in [0.5, 0.6) is 0 Å². The van der Waals surface area contributed by atoms with Gasteiger partial charge in [-0.1, -0.05) is 19.9 Å². The van der Waals surface area contributed by atoms with Gasteiger partial charge >= 0.3 is 0 Å². The summed E-state index contributed by atoms with van der Waals surface area (Å²) in [6.07, 6.45) is 1.05. The minimum atomic E-state index is 0.424. The molecule has 1 nitrogen and oxygen atoms in total. The zero-order chi connectivity index (χ0) is 6.57. The molecule has 0 aliphatic carbocycles. The summed E-state index contributed by atoms with van der Waals surface area (Å²) in [5, 5.41) is 0. The molecule has 0 saturated carbocycles. The lowest BCUT2D eigenvalue weighted by Crippen LogP contribution is -1.92. The summed E-state index contributed by atoms with van der Waals surface area (Å²) in [7, 11) is 2.05. The second kappa shape index (κ2) is 3.90. The fourth-order valence-corrected chi connectivity index (χ4v) is 0.498. The fourth-order valence-electron chi connectivity index (χ4n) is 0.318. The highest BCUT2D eigenvalue weighted by atomic mass is 32.1. The number of rotatable bonds is 3. The van der Waals surface area contributed by atoms with Gasteiger partial charge in [0.25, 0.3) is 0 Å². The molecular weight excluding hydrogens is 119 g/mol. The minimum absolute atomic E-state index is 0.424. The molecular formula is C5H11BOS. The van der Waals surface area contributed by atoms with Crippen molar-refractivity contribution >= 4 is 20.8 Å². The molecule has 1 atom stereocenters. The van der Waals surface area contributed by atoms with Crippen LogP contribution < -0.4 is 0 Å². The molecule has 0 aromatic rings. The molecule has 3 heteroatoms. The molecule has 0 fully saturated rings. The Kier molecular flexibility index (Phi) is 3.88. The van der Waals surface area contributed by atoms with Gasteiger partial charge in [-0.25, -0.2) is 0 Å². The highest BCUT2D eigenvalue weighted by molar-refractivity contribution is 7.75. The first kappa shape index (κ1) is 7.95. The minimum Gasteiger partial charge on any atom is -0.434 e. The zero-order valence-electron chi connectivity index (χ0n) is 5.35. The van der Waals surface area contributed by atoms with Gasteiger partial charge in [-0.05, 0) is 5.82 Å². The predicted octanol–water partition coefficient (Wildman–Crippen LogP) is 1.19. The Morgan fingerprint density at radius 1 is 2.00 bits per heavy atom. The SMILES string of the molecule is B[C@@H](CC)C(=C)OS. The molecule has 0 saturated heterocycles. The van der Waals surface area contributed by atoms with Gasteiger partial charge in [0.2, 0.25) is 0 Å². The van der Waals surface area contributed by atoms with Crippen molar-refractivity contribution in [2.45, 2.75) is 19.2 Å². The van der Waals surface area contributed by atoms with Gasteiger partial charge in [-0.3, -0.25) is 0 Å². The molecule has 0 bridgehead atoms. The lowest BCUT2D eigenvalue weighted by Gasteiger charge is -2.07. The molecule has 0 rings (SSSR count). The van der Waals surface area contributed by atoms with Gasteiger partial charge in [0.1, 0.15) is 13.6 Å². The molecule has 8 heavy (non-hydrogen) atoms. The molecule has 46 valence electrons. The van der Waals surface area contributed by atoms with Crippen LogP contribution >= 0.6 is 12.9 Å². The van der Waals surface area contributed by atoms with Crippen molar-refractivity contribution in [3.8, 4) is 0 Å². The van der Waals surface area contributed by atoms with Gasteiger partial charge in [0, 0.05) is 12.9 Å². The van der Waals surface area contributed by atoms with Crippen molar-refractivity contribution in [2.75, 3.05) is 0 Å². The lowest BCUT2D eigenvalue weighted by atomic mass is 9.84. The average Bonchev–Trinajstić information content (AvgIpc) is 1.84. The molecule has 0 amide bonds. The summed E-state index contributed by atoms with van der Waals surface area (Å²) < 4.78 is 4.60. The molecule has 0 aromatic heterocycles. The Morgan fingerprint density at radius 3 is 2.62 bits per heavy atom. The van der Waals surface area contributed by atoms with E-state index in [0.29, 0.717) is 5.82 Å². The van der Waals surface area contributed by atoms with Crippen LogP contribution in [0.25, 0.3) is 0 Å². The summed E-state index contributed by atoms with van der Waals surface area (Å²) in [5.41, 5.74) is 0. The van der Waals surface area contributed by atoms with Gasteiger partial charge in [0.05, 0.1) is 0 Å². The van der Waals surface area contributed by atoms with Gasteiger partial charge < -0.3 is 4.18 Å². The quantitative estimate of drug-likeness (QED) is 0.261. The predicted molar refractivity (Wildman–Crippen MR) is 41.8 cm³/mol. The number of hydrogen-bond acceptors (Lipinski definition) is 2. The Labute approximate surface area is 57.1 Å². The summed E-state index contributed by atoms with van der Waals surface area (Å²) >= 11 is 3.61. The summed E-state index contributed by atoms with van der Waals surface area (Å²) in [5.74, 6) is 1.17. The molecule has 0 radical (unpaired) electrons. The Bertz CT molecular complexity index is 84.5. The number of allylic oxidation sites excluding steroid dienone is 1. The summed E-state index contributed by atoms with van der Waals surface area (Å²) in [4.78, 5) is 0. The van der Waals surface area contributed by atoms with Gasteiger partial charge in [-0.2, -0.15) is 0 Å². The average molecular weight is 130 g/mol. The van der Waals surface area contributed by atoms with Crippen molar-refractivity contribution in [1.29, 1.82) is 0 Å². The highest BCUT2D eigenvalue weighted by Crippen LogP contribution is 2.16.